The van der Waals surface area contributed by atoms with E-state index in [1.807, 2.05) is 0 Å². The van der Waals surface area contributed by atoms with Crippen LogP contribution in [-0.2, 0) is 0 Å². The lowest BCUT2D eigenvalue weighted by Crippen LogP contribution is -2.27. The third-order valence-corrected chi connectivity index (χ3v) is 4.20. The quantitative estimate of drug-likeness (QED) is 0.281. The smallest absolute Gasteiger partial charge is 0.347 e. The summed E-state index contributed by atoms with van der Waals surface area (Å²) in [5.74, 6) is 4.77. The van der Waals surface area contributed by atoms with Gasteiger partial charge in [-0.1, -0.05) is 39.9 Å². The van der Waals surface area contributed by atoms with Gasteiger partial charge in [0, 0.05) is 9.86 Å². The highest BCUT2D eigenvalue weighted by molar-refractivity contribution is 9.10. The number of thiocarbonyl (C=S) groups is 1. The topological polar surface area (TPSA) is 85.3 Å². The fourth-order valence-electron chi connectivity index (χ4n) is 1.54. The number of ketones is 1. The number of hydrazine groups is 1. The van der Waals surface area contributed by atoms with Gasteiger partial charge in [0.1, 0.15) is 15.5 Å². The average molecular weight is 373 g/mol. The number of benzene rings is 1. The molecule has 1 aromatic heterocycles. The number of halogens is 1. The summed E-state index contributed by atoms with van der Waals surface area (Å²) in [6.45, 7) is 0. The molecule has 1 aromatic carbocycles. The maximum absolute atomic E-state index is 12.0. The van der Waals surface area contributed by atoms with E-state index >= 15 is 0 Å². The van der Waals surface area contributed by atoms with Gasteiger partial charge in [-0.3, -0.25) is 4.79 Å². The van der Waals surface area contributed by atoms with E-state index in [4.69, 9.17) is 22.5 Å². The molecule has 0 saturated carbocycles. The summed E-state index contributed by atoms with van der Waals surface area (Å²) in [7, 11) is 0. The van der Waals surface area contributed by atoms with Crippen LogP contribution in [0.2, 0.25) is 0 Å². The Hall–Kier alpha value is -1.22. The first kappa shape index (κ1) is 15.2. The predicted molar refractivity (Wildman–Crippen MR) is 86.9 cm³/mol. The lowest BCUT2D eigenvalue weighted by molar-refractivity contribution is 0.101. The molecule has 0 bridgehead atoms. The lowest BCUT2D eigenvalue weighted by atomic mass is 10.1. The molecule has 0 spiro atoms. The standard InChI is InChI=1S/C12H9BrN2O3S2/c13-7-1-2-10-6(3-7)4-8(11(17)18-10)9(16)5-20-12(19)15-14/h1-4H,5,14H2,(H,15,19). The highest BCUT2D eigenvalue weighted by Gasteiger charge is 2.14. The minimum Gasteiger partial charge on any atom is -0.422 e. The number of nitrogens with two attached hydrogens (primary N) is 1. The van der Waals surface area contributed by atoms with Crippen molar-refractivity contribution in [3.05, 3.63) is 44.7 Å². The number of thioether (sulfide) groups is 1. The van der Waals surface area contributed by atoms with Gasteiger partial charge in [0.05, 0.1) is 5.75 Å². The first-order valence-electron chi connectivity index (χ1n) is 5.41. The van der Waals surface area contributed by atoms with E-state index in [1.165, 1.54) is 6.07 Å². The average Bonchev–Trinajstić information content (AvgIpc) is 2.44. The van der Waals surface area contributed by atoms with E-state index in [0.29, 0.717) is 11.0 Å². The summed E-state index contributed by atoms with van der Waals surface area (Å²) < 4.78 is 6.24. The maximum atomic E-state index is 12.0. The van der Waals surface area contributed by atoms with Crippen molar-refractivity contribution in [1.29, 1.82) is 0 Å². The van der Waals surface area contributed by atoms with Crippen LogP contribution < -0.4 is 16.9 Å². The summed E-state index contributed by atoms with van der Waals surface area (Å²) in [5.41, 5.74) is 2.04. The van der Waals surface area contributed by atoms with Crippen molar-refractivity contribution in [2.75, 3.05) is 5.75 Å². The zero-order valence-corrected chi connectivity index (χ0v) is 13.2. The van der Waals surface area contributed by atoms with Crippen LogP contribution in [0.3, 0.4) is 0 Å². The lowest BCUT2D eigenvalue weighted by Gasteiger charge is -2.03. The van der Waals surface area contributed by atoms with E-state index in [-0.39, 0.29) is 21.4 Å². The molecule has 2 rings (SSSR count). The summed E-state index contributed by atoms with van der Waals surface area (Å²) in [6.07, 6.45) is 0. The molecule has 5 nitrogen and oxygen atoms in total. The molecule has 2 aromatic rings. The van der Waals surface area contributed by atoms with Crippen molar-refractivity contribution in [1.82, 2.24) is 5.43 Å². The molecule has 0 aliphatic rings. The van der Waals surface area contributed by atoms with Crippen molar-refractivity contribution in [3.8, 4) is 0 Å². The molecule has 0 aliphatic heterocycles. The molecule has 20 heavy (non-hydrogen) atoms. The highest BCUT2D eigenvalue weighted by Crippen LogP contribution is 2.19. The second-order valence-electron chi connectivity index (χ2n) is 3.77. The summed E-state index contributed by atoms with van der Waals surface area (Å²) >= 11 is 9.19. The molecular weight excluding hydrogens is 364 g/mol. The Balaban J connectivity index is 2.34. The van der Waals surface area contributed by atoms with Crippen LogP contribution in [0.25, 0.3) is 11.0 Å². The number of rotatable bonds is 3. The van der Waals surface area contributed by atoms with Gasteiger partial charge in [0.2, 0.25) is 0 Å². The third kappa shape index (κ3) is 3.45. The second-order valence-corrected chi connectivity index (χ2v) is 6.34. The van der Waals surface area contributed by atoms with Crippen molar-refractivity contribution in [2.24, 2.45) is 5.84 Å². The van der Waals surface area contributed by atoms with Gasteiger partial charge in [-0.05, 0) is 24.3 Å². The van der Waals surface area contributed by atoms with Crippen LogP contribution in [0.4, 0.5) is 0 Å². The number of carbonyl (C=O) groups is 1. The largest absolute Gasteiger partial charge is 0.422 e. The summed E-state index contributed by atoms with van der Waals surface area (Å²) in [6, 6.07) is 6.72. The van der Waals surface area contributed by atoms with E-state index in [9.17, 15) is 9.59 Å². The van der Waals surface area contributed by atoms with Gasteiger partial charge >= 0.3 is 5.63 Å². The van der Waals surface area contributed by atoms with Gasteiger partial charge in [0.15, 0.2) is 5.78 Å². The first-order chi connectivity index (χ1) is 9.51. The zero-order chi connectivity index (χ0) is 14.7. The Kier molecular flexibility index (Phi) is 4.92. The molecule has 3 N–H and O–H groups in total. The molecule has 8 heteroatoms. The Bertz CT molecular complexity index is 745. The summed E-state index contributed by atoms with van der Waals surface area (Å²) in [4.78, 5) is 23.8. The van der Waals surface area contributed by atoms with Crippen LogP contribution in [0, 0.1) is 0 Å². The fourth-order valence-corrected chi connectivity index (χ4v) is 2.60. The molecule has 0 radical (unpaired) electrons. The van der Waals surface area contributed by atoms with Crippen LogP contribution in [0.1, 0.15) is 10.4 Å². The highest BCUT2D eigenvalue weighted by atomic mass is 79.9. The van der Waals surface area contributed by atoms with Crippen LogP contribution in [0.15, 0.2) is 37.9 Å². The maximum Gasteiger partial charge on any atom is 0.347 e. The normalized spacial score (nSPS) is 10.5. The Morgan fingerprint density at radius 3 is 2.90 bits per heavy atom. The molecule has 0 aliphatic carbocycles. The molecule has 0 saturated heterocycles. The molecule has 0 fully saturated rings. The van der Waals surface area contributed by atoms with Crippen LogP contribution >= 0.6 is 39.9 Å². The molecule has 0 atom stereocenters. The van der Waals surface area contributed by atoms with E-state index in [0.717, 1.165) is 16.2 Å². The van der Waals surface area contributed by atoms with Crippen molar-refractivity contribution in [3.63, 3.8) is 0 Å². The van der Waals surface area contributed by atoms with E-state index in [2.05, 4.69) is 21.4 Å². The number of Topliss-reactive ketones (excluding diaryl/α,β-unsaturated/α-hetero) is 1. The van der Waals surface area contributed by atoms with Gasteiger partial charge in [0.25, 0.3) is 0 Å². The Morgan fingerprint density at radius 2 is 2.20 bits per heavy atom. The molecule has 0 unspecified atom stereocenters. The van der Waals surface area contributed by atoms with Gasteiger partial charge in [-0.15, -0.1) is 0 Å². The predicted octanol–water partition coefficient (Wildman–Crippen LogP) is 2.22. The SMILES string of the molecule is NNC(=S)SCC(=O)c1cc2cc(Br)ccc2oc1=O. The van der Waals surface area contributed by atoms with Gasteiger partial charge < -0.3 is 9.84 Å². The van der Waals surface area contributed by atoms with Gasteiger partial charge in [-0.25, -0.2) is 10.6 Å². The minimum atomic E-state index is -0.656. The van der Waals surface area contributed by atoms with Crippen molar-refractivity contribution in [2.45, 2.75) is 0 Å². The minimum absolute atomic E-state index is 0.00271. The van der Waals surface area contributed by atoms with Gasteiger partial charge in [-0.2, -0.15) is 0 Å². The van der Waals surface area contributed by atoms with E-state index < -0.39 is 5.63 Å². The van der Waals surface area contributed by atoms with Crippen LogP contribution in [-0.4, -0.2) is 15.9 Å². The Labute approximate surface area is 132 Å². The molecule has 104 valence electrons. The van der Waals surface area contributed by atoms with Crippen LogP contribution in [0.5, 0.6) is 0 Å². The van der Waals surface area contributed by atoms with Crippen molar-refractivity contribution < 1.29 is 9.21 Å². The number of nitrogens with one attached hydrogen (secondary N) is 1. The molecular formula is C12H9BrN2O3S2. The first-order valence-corrected chi connectivity index (χ1v) is 7.60. The number of hydrogen-bond acceptors (Lipinski definition) is 6. The van der Waals surface area contributed by atoms with Crippen molar-refractivity contribution >= 4 is 61.0 Å². The second kappa shape index (κ2) is 6.49. The molecule has 0 amide bonds. The zero-order valence-electron chi connectivity index (χ0n) is 10.0. The van der Waals surface area contributed by atoms with E-state index in [1.54, 1.807) is 18.2 Å². The fraction of sp³-hybridized carbons (Fsp3) is 0.0833. The number of carbonyl (C=O) groups excluding carboxylic acids is 1. The Morgan fingerprint density at radius 1 is 1.45 bits per heavy atom. The number of fused-ring (bicyclic) bond motifs is 1. The third-order valence-electron chi connectivity index (χ3n) is 2.45. The number of hydrogen-bond donors (Lipinski definition) is 2. The summed E-state index contributed by atoms with van der Waals surface area (Å²) in [5, 5.41) is 0.673. The monoisotopic (exact) mass is 372 g/mol. The molecule has 1 heterocycles.